The number of carbonyl (C=O) groups is 1. The van der Waals surface area contributed by atoms with Gasteiger partial charge in [-0.3, -0.25) is 4.79 Å². The number of benzene rings is 1. The number of carbonyl (C=O) groups excluding carboxylic acids is 1. The molecule has 3 N–H and O–H groups in total. The van der Waals surface area contributed by atoms with Crippen LogP contribution in [0.25, 0.3) is 0 Å². The molecule has 1 unspecified atom stereocenters. The van der Waals surface area contributed by atoms with Gasteiger partial charge in [0.1, 0.15) is 5.75 Å². The number of ether oxygens (including phenoxy) is 2. The number of anilines is 1. The molecule has 5 heteroatoms. The van der Waals surface area contributed by atoms with Gasteiger partial charge in [0, 0.05) is 18.7 Å². The van der Waals surface area contributed by atoms with Gasteiger partial charge in [-0.15, -0.1) is 0 Å². The van der Waals surface area contributed by atoms with E-state index in [1.807, 2.05) is 6.92 Å². The molecule has 1 aliphatic heterocycles. The van der Waals surface area contributed by atoms with E-state index >= 15 is 0 Å². The molecule has 1 atom stereocenters. The van der Waals surface area contributed by atoms with E-state index in [2.05, 4.69) is 5.32 Å². The molecule has 0 aliphatic carbocycles. The van der Waals surface area contributed by atoms with Gasteiger partial charge in [-0.2, -0.15) is 0 Å². The van der Waals surface area contributed by atoms with Gasteiger partial charge >= 0.3 is 0 Å². The van der Waals surface area contributed by atoms with Crippen molar-refractivity contribution in [3.05, 3.63) is 23.8 Å². The van der Waals surface area contributed by atoms with Gasteiger partial charge in [0.2, 0.25) is 0 Å². The van der Waals surface area contributed by atoms with Crippen LogP contribution in [0, 0.1) is 0 Å². The molecule has 0 spiro atoms. The zero-order chi connectivity index (χ0) is 13.9. The van der Waals surface area contributed by atoms with Crippen LogP contribution in [-0.4, -0.2) is 31.8 Å². The fraction of sp³-hybridized carbons (Fsp3) is 0.500. The predicted octanol–water partition coefficient (Wildman–Crippen LogP) is 1.58. The Morgan fingerprint density at radius 2 is 2.37 bits per heavy atom. The van der Waals surface area contributed by atoms with Crippen LogP contribution in [0.15, 0.2) is 18.2 Å². The van der Waals surface area contributed by atoms with Crippen LogP contribution in [0.2, 0.25) is 0 Å². The molecule has 1 aromatic carbocycles. The fourth-order valence-electron chi connectivity index (χ4n) is 2.22. The van der Waals surface area contributed by atoms with Crippen molar-refractivity contribution < 1.29 is 14.3 Å². The average Bonchev–Trinajstić information content (AvgIpc) is 2.83. The highest BCUT2D eigenvalue weighted by molar-refractivity contribution is 5.95. The molecule has 1 aliphatic rings. The number of nitrogens with two attached hydrogens (primary N) is 1. The van der Waals surface area contributed by atoms with Gasteiger partial charge in [0.25, 0.3) is 5.91 Å². The highest BCUT2D eigenvalue weighted by Gasteiger charge is 2.30. The lowest BCUT2D eigenvalue weighted by atomic mass is 10.0. The van der Waals surface area contributed by atoms with Crippen LogP contribution >= 0.6 is 0 Å². The molecule has 0 saturated carbocycles. The summed E-state index contributed by atoms with van der Waals surface area (Å²) in [6.07, 6.45) is 2.01. The summed E-state index contributed by atoms with van der Waals surface area (Å²) >= 11 is 0. The maximum Gasteiger partial charge on any atom is 0.251 e. The molecule has 1 fully saturated rings. The third-order valence-electron chi connectivity index (χ3n) is 3.42. The number of hydrogen-bond donors (Lipinski definition) is 2. The number of methoxy groups -OCH3 is 1. The van der Waals surface area contributed by atoms with Gasteiger partial charge in [0.05, 0.1) is 18.4 Å². The highest BCUT2D eigenvalue weighted by Crippen LogP contribution is 2.25. The van der Waals surface area contributed by atoms with Crippen LogP contribution in [0.4, 0.5) is 5.69 Å². The lowest BCUT2D eigenvalue weighted by Crippen LogP contribution is -2.40. The minimum atomic E-state index is -0.242. The topological polar surface area (TPSA) is 73.6 Å². The van der Waals surface area contributed by atoms with Gasteiger partial charge in [-0.1, -0.05) is 0 Å². The van der Waals surface area contributed by atoms with Crippen LogP contribution in [0.1, 0.15) is 30.1 Å². The molecule has 1 aromatic rings. The first-order chi connectivity index (χ1) is 9.04. The van der Waals surface area contributed by atoms with Crippen LogP contribution in [-0.2, 0) is 4.74 Å². The Labute approximate surface area is 113 Å². The summed E-state index contributed by atoms with van der Waals surface area (Å²) in [7, 11) is 1.55. The van der Waals surface area contributed by atoms with E-state index < -0.39 is 0 Å². The second kappa shape index (κ2) is 5.48. The van der Waals surface area contributed by atoms with Crippen molar-refractivity contribution in [1.82, 2.24) is 5.32 Å². The highest BCUT2D eigenvalue weighted by atomic mass is 16.5. The molecule has 0 aromatic heterocycles. The molecule has 1 amide bonds. The maximum atomic E-state index is 12.0. The molecule has 104 valence electrons. The van der Waals surface area contributed by atoms with Gasteiger partial charge < -0.3 is 20.5 Å². The van der Waals surface area contributed by atoms with E-state index in [1.165, 1.54) is 0 Å². The fourth-order valence-corrected chi connectivity index (χ4v) is 2.22. The monoisotopic (exact) mass is 264 g/mol. The Morgan fingerprint density at radius 3 is 2.95 bits per heavy atom. The van der Waals surface area contributed by atoms with Crippen molar-refractivity contribution in [1.29, 1.82) is 0 Å². The first-order valence-electron chi connectivity index (χ1n) is 6.40. The summed E-state index contributed by atoms with van der Waals surface area (Å²) < 4.78 is 10.7. The Morgan fingerprint density at radius 1 is 1.58 bits per heavy atom. The molecule has 0 bridgehead atoms. The second-order valence-electron chi connectivity index (χ2n) is 5.04. The van der Waals surface area contributed by atoms with E-state index in [0.717, 1.165) is 19.4 Å². The van der Waals surface area contributed by atoms with Crippen molar-refractivity contribution in [2.75, 3.05) is 26.0 Å². The Hall–Kier alpha value is -1.75. The zero-order valence-electron chi connectivity index (χ0n) is 11.4. The average molecular weight is 264 g/mol. The number of hydrogen-bond acceptors (Lipinski definition) is 4. The number of nitrogens with one attached hydrogen (secondary N) is 1. The third kappa shape index (κ3) is 3.17. The largest absolute Gasteiger partial charge is 0.495 e. The molecule has 1 saturated heterocycles. The Bertz CT molecular complexity index is 468. The Kier molecular flexibility index (Phi) is 3.95. The molecule has 0 radical (unpaired) electrons. The van der Waals surface area contributed by atoms with E-state index in [0.29, 0.717) is 23.5 Å². The first kappa shape index (κ1) is 13.7. The van der Waals surface area contributed by atoms with E-state index in [-0.39, 0.29) is 11.5 Å². The summed E-state index contributed by atoms with van der Waals surface area (Å²) in [6.45, 7) is 3.29. The molecular formula is C14H20N2O3. The molecular weight excluding hydrogens is 244 g/mol. The minimum absolute atomic E-state index is 0.147. The van der Waals surface area contributed by atoms with E-state index in [9.17, 15) is 4.79 Å². The number of amides is 1. The summed E-state index contributed by atoms with van der Waals surface area (Å²) in [6, 6.07) is 5.01. The van der Waals surface area contributed by atoms with Gasteiger partial charge in [-0.25, -0.2) is 0 Å². The van der Waals surface area contributed by atoms with Crippen molar-refractivity contribution in [3.8, 4) is 5.75 Å². The van der Waals surface area contributed by atoms with E-state index in [1.54, 1.807) is 25.3 Å². The van der Waals surface area contributed by atoms with Gasteiger partial charge in [-0.05, 0) is 38.0 Å². The number of rotatable bonds is 4. The second-order valence-corrected chi connectivity index (χ2v) is 5.04. The lowest BCUT2D eigenvalue weighted by molar-refractivity contribution is 0.0206. The predicted molar refractivity (Wildman–Crippen MR) is 73.3 cm³/mol. The molecule has 19 heavy (non-hydrogen) atoms. The summed E-state index contributed by atoms with van der Waals surface area (Å²) in [5.41, 5.74) is 6.53. The zero-order valence-corrected chi connectivity index (χ0v) is 11.4. The van der Waals surface area contributed by atoms with Crippen molar-refractivity contribution in [3.63, 3.8) is 0 Å². The van der Waals surface area contributed by atoms with Crippen LogP contribution < -0.4 is 15.8 Å². The van der Waals surface area contributed by atoms with Crippen molar-refractivity contribution in [2.24, 2.45) is 0 Å². The normalized spacial score (nSPS) is 22.2. The SMILES string of the molecule is COc1ccc(C(=O)NCC2(C)CCCO2)cc1N. The van der Waals surface area contributed by atoms with E-state index in [4.69, 9.17) is 15.2 Å². The first-order valence-corrected chi connectivity index (χ1v) is 6.40. The quantitative estimate of drug-likeness (QED) is 0.810. The molecule has 1 heterocycles. The molecule has 5 nitrogen and oxygen atoms in total. The number of nitrogen functional groups attached to an aromatic ring is 1. The minimum Gasteiger partial charge on any atom is -0.495 e. The maximum absolute atomic E-state index is 12.0. The smallest absolute Gasteiger partial charge is 0.251 e. The summed E-state index contributed by atoms with van der Waals surface area (Å²) in [5, 5.41) is 2.89. The van der Waals surface area contributed by atoms with Gasteiger partial charge in [0.15, 0.2) is 0 Å². The third-order valence-corrected chi connectivity index (χ3v) is 3.42. The lowest BCUT2D eigenvalue weighted by Gasteiger charge is -2.23. The van der Waals surface area contributed by atoms with Crippen LogP contribution in [0.5, 0.6) is 5.75 Å². The molecule has 2 rings (SSSR count). The van der Waals surface area contributed by atoms with Crippen molar-refractivity contribution in [2.45, 2.75) is 25.4 Å². The summed E-state index contributed by atoms with van der Waals surface area (Å²) in [4.78, 5) is 12.0. The van der Waals surface area contributed by atoms with Crippen LogP contribution in [0.3, 0.4) is 0 Å². The standard InChI is InChI=1S/C14H20N2O3/c1-14(6-3-7-19-14)9-16-13(17)10-4-5-12(18-2)11(15)8-10/h4-5,8H,3,6-7,9,15H2,1-2H3,(H,16,17). The summed E-state index contributed by atoms with van der Waals surface area (Å²) in [5.74, 6) is 0.425. The Balaban J connectivity index is 1.98. The van der Waals surface area contributed by atoms with Crippen molar-refractivity contribution >= 4 is 11.6 Å².